The van der Waals surface area contributed by atoms with Crippen LogP contribution in [0, 0.1) is 0 Å². The summed E-state index contributed by atoms with van der Waals surface area (Å²) in [6, 6.07) is 10.6. The molecule has 19 heavy (non-hydrogen) atoms. The molecule has 5 heteroatoms. The summed E-state index contributed by atoms with van der Waals surface area (Å²) >= 11 is 1.81. The van der Waals surface area contributed by atoms with Gasteiger partial charge in [0.25, 0.3) is 0 Å². The topological polar surface area (TPSA) is 49.5 Å². The van der Waals surface area contributed by atoms with E-state index in [1.807, 2.05) is 30.0 Å². The number of nitrogens with two attached hydrogens (primary N) is 1. The van der Waals surface area contributed by atoms with Gasteiger partial charge in [0.2, 0.25) is 0 Å². The van der Waals surface area contributed by atoms with Gasteiger partial charge < -0.3 is 15.7 Å². The summed E-state index contributed by atoms with van der Waals surface area (Å²) in [4.78, 5) is 3.50. The maximum absolute atomic E-state index is 8.91. The van der Waals surface area contributed by atoms with Crippen LogP contribution in [0.4, 0.5) is 0 Å². The first-order valence-corrected chi connectivity index (χ1v) is 7.51. The second-order valence-electron chi connectivity index (χ2n) is 4.33. The van der Waals surface area contributed by atoms with Gasteiger partial charge in [-0.2, -0.15) is 0 Å². The summed E-state index contributed by atoms with van der Waals surface area (Å²) in [5, 5.41) is 8.91. The third-order valence-corrected chi connectivity index (χ3v) is 4.09. The zero-order valence-electron chi connectivity index (χ0n) is 11.5. The SMILES string of the molecule is CCN(CCO)CC[C@H](N)CSc1ccccc1.Cl. The molecule has 0 unspecified atom stereocenters. The quantitative estimate of drug-likeness (QED) is 0.687. The minimum Gasteiger partial charge on any atom is -0.395 e. The third kappa shape index (κ3) is 8.50. The first-order chi connectivity index (χ1) is 8.76. The number of rotatable bonds is 9. The molecule has 0 aliphatic heterocycles. The molecule has 0 aliphatic rings. The van der Waals surface area contributed by atoms with Crippen LogP contribution in [0.1, 0.15) is 13.3 Å². The number of halogens is 1. The van der Waals surface area contributed by atoms with Gasteiger partial charge in [-0.05, 0) is 31.6 Å². The van der Waals surface area contributed by atoms with Gasteiger partial charge in [0.1, 0.15) is 0 Å². The number of benzene rings is 1. The predicted octanol–water partition coefficient (Wildman–Crippen LogP) is 2.23. The molecule has 0 heterocycles. The molecule has 3 nitrogen and oxygen atoms in total. The zero-order chi connectivity index (χ0) is 13.2. The lowest BCUT2D eigenvalue weighted by Gasteiger charge is -2.21. The van der Waals surface area contributed by atoms with E-state index in [-0.39, 0.29) is 25.1 Å². The van der Waals surface area contributed by atoms with Crippen molar-refractivity contribution in [3.8, 4) is 0 Å². The van der Waals surface area contributed by atoms with E-state index in [9.17, 15) is 0 Å². The lowest BCUT2D eigenvalue weighted by molar-refractivity contribution is 0.198. The molecule has 0 aromatic heterocycles. The van der Waals surface area contributed by atoms with E-state index in [0.717, 1.165) is 31.8 Å². The summed E-state index contributed by atoms with van der Waals surface area (Å²) in [5.41, 5.74) is 6.11. The second-order valence-corrected chi connectivity index (χ2v) is 5.42. The minimum atomic E-state index is 0. The van der Waals surface area contributed by atoms with Crippen LogP contribution in [0.25, 0.3) is 0 Å². The van der Waals surface area contributed by atoms with Crippen molar-refractivity contribution in [2.24, 2.45) is 5.73 Å². The number of likely N-dealkylation sites (N-methyl/N-ethyl adjacent to an activating group) is 1. The molecule has 0 fully saturated rings. The van der Waals surface area contributed by atoms with Gasteiger partial charge in [0, 0.05) is 23.2 Å². The minimum absolute atomic E-state index is 0. The number of hydrogen-bond acceptors (Lipinski definition) is 4. The lowest BCUT2D eigenvalue weighted by Crippen LogP contribution is -2.33. The summed E-state index contributed by atoms with van der Waals surface area (Å²) in [6.45, 7) is 5.02. The highest BCUT2D eigenvalue weighted by atomic mass is 35.5. The molecule has 1 rings (SSSR count). The van der Waals surface area contributed by atoms with Crippen LogP contribution >= 0.6 is 24.2 Å². The van der Waals surface area contributed by atoms with Crippen molar-refractivity contribution in [3.05, 3.63) is 30.3 Å². The van der Waals surface area contributed by atoms with Crippen LogP contribution in [-0.2, 0) is 0 Å². The van der Waals surface area contributed by atoms with E-state index in [1.165, 1.54) is 4.90 Å². The monoisotopic (exact) mass is 304 g/mol. The van der Waals surface area contributed by atoms with Crippen molar-refractivity contribution in [2.75, 3.05) is 32.0 Å². The average molecular weight is 305 g/mol. The van der Waals surface area contributed by atoms with E-state index in [0.29, 0.717) is 0 Å². The Labute approximate surface area is 127 Å². The number of aliphatic hydroxyl groups excluding tert-OH is 1. The fourth-order valence-corrected chi connectivity index (χ4v) is 2.64. The number of hydrogen-bond donors (Lipinski definition) is 2. The van der Waals surface area contributed by atoms with Crippen LogP contribution in [0.3, 0.4) is 0 Å². The fraction of sp³-hybridized carbons (Fsp3) is 0.571. The number of aliphatic hydroxyl groups is 1. The van der Waals surface area contributed by atoms with Crippen LogP contribution in [0.15, 0.2) is 35.2 Å². The first-order valence-electron chi connectivity index (χ1n) is 6.53. The lowest BCUT2D eigenvalue weighted by atomic mass is 10.2. The molecule has 1 aromatic rings. The van der Waals surface area contributed by atoms with Gasteiger partial charge in [0.05, 0.1) is 6.61 Å². The highest BCUT2D eigenvalue weighted by Gasteiger charge is 2.07. The van der Waals surface area contributed by atoms with Crippen molar-refractivity contribution in [2.45, 2.75) is 24.3 Å². The Bertz CT molecular complexity index is 314. The van der Waals surface area contributed by atoms with Gasteiger partial charge in [0.15, 0.2) is 0 Å². The zero-order valence-corrected chi connectivity index (χ0v) is 13.1. The molecular weight excluding hydrogens is 280 g/mol. The molecule has 0 radical (unpaired) electrons. The van der Waals surface area contributed by atoms with E-state index >= 15 is 0 Å². The number of thioether (sulfide) groups is 1. The summed E-state index contributed by atoms with van der Waals surface area (Å²) < 4.78 is 0. The molecular formula is C14H25ClN2OS. The smallest absolute Gasteiger partial charge is 0.0558 e. The molecule has 0 saturated carbocycles. The normalized spacial score (nSPS) is 12.2. The van der Waals surface area contributed by atoms with Crippen molar-refractivity contribution >= 4 is 24.2 Å². The summed E-state index contributed by atoms with van der Waals surface area (Å²) in [5.74, 6) is 0.945. The molecule has 3 N–H and O–H groups in total. The highest BCUT2D eigenvalue weighted by Crippen LogP contribution is 2.18. The van der Waals surface area contributed by atoms with Crippen molar-refractivity contribution in [3.63, 3.8) is 0 Å². The predicted molar refractivity (Wildman–Crippen MR) is 86.2 cm³/mol. The van der Waals surface area contributed by atoms with Crippen molar-refractivity contribution in [1.29, 1.82) is 0 Å². The molecule has 0 spiro atoms. The van der Waals surface area contributed by atoms with Gasteiger partial charge in [-0.3, -0.25) is 0 Å². The second kappa shape index (κ2) is 11.6. The van der Waals surface area contributed by atoms with Crippen molar-refractivity contribution < 1.29 is 5.11 Å². The van der Waals surface area contributed by atoms with Gasteiger partial charge >= 0.3 is 0 Å². The van der Waals surface area contributed by atoms with E-state index < -0.39 is 0 Å². The molecule has 0 aliphatic carbocycles. The highest BCUT2D eigenvalue weighted by molar-refractivity contribution is 7.99. The van der Waals surface area contributed by atoms with Crippen LogP contribution in [-0.4, -0.2) is 48.0 Å². The Morgan fingerprint density at radius 1 is 1.26 bits per heavy atom. The molecule has 0 saturated heterocycles. The average Bonchev–Trinajstić information content (AvgIpc) is 2.42. The van der Waals surface area contributed by atoms with Crippen LogP contribution in [0.2, 0.25) is 0 Å². The van der Waals surface area contributed by atoms with Crippen LogP contribution in [0.5, 0.6) is 0 Å². The Morgan fingerprint density at radius 3 is 2.53 bits per heavy atom. The van der Waals surface area contributed by atoms with Crippen LogP contribution < -0.4 is 5.73 Å². The maximum atomic E-state index is 8.91. The Balaban J connectivity index is 0.00000324. The van der Waals surface area contributed by atoms with E-state index in [4.69, 9.17) is 10.8 Å². The first kappa shape index (κ1) is 18.7. The van der Waals surface area contributed by atoms with Gasteiger partial charge in [-0.1, -0.05) is 25.1 Å². The van der Waals surface area contributed by atoms with E-state index in [1.54, 1.807) is 0 Å². The van der Waals surface area contributed by atoms with E-state index in [2.05, 4.69) is 24.0 Å². The van der Waals surface area contributed by atoms with Gasteiger partial charge in [-0.25, -0.2) is 0 Å². The molecule has 0 amide bonds. The largest absolute Gasteiger partial charge is 0.395 e. The Morgan fingerprint density at radius 2 is 1.95 bits per heavy atom. The maximum Gasteiger partial charge on any atom is 0.0558 e. The summed E-state index contributed by atoms with van der Waals surface area (Å²) in [7, 11) is 0. The molecule has 110 valence electrons. The Kier molecular flexibility index (Phi) is 11.4. The Hall–Kier alpha value is -0.260. The number of nitrogens with zero attached hydrogens (tertiary/aromatic N) is 1. The molecule has 0 bridgehead atoms. The fourth-order valence-electron chi connectivity index (χ4n) is 1.72. The summed E-state index contributed by atoms with van der Waals surface area (Å²) in [6.07, 6.45) is 0.980. The van der Waals surface area contributed by atoms with Gasteiger partial charge in [-0.15, -0.1) is 24.2 Å². The van der Waals surface area contributed by atoms with Crippen molar-refractivity contribution in [1.82, 2.24) is 4.90 Å². The standard InChI is InChI=1S/C14H24N2OS.ClH/c1-2-16(10-11-17)9-8-13(15)12-18-14-6-4-3-5-7-14;/h3-7,13,17H,2,8-12,15H2,1H3;1H/t13-;/m0./s1. The third-order valence-electron chi connectivity index (χ3n) is 2.89. The molecule has 1 atom stereocenters. The molecule has 1 aromatic carbocycles.